The molecular weight excluding hydrogens is 468 g/mol. The first-order chi connectivity index (χ1) is 17.0. The number of amides is 1. The lowest BCUT2D eigenvalue weighted by Gasteiger charge is -2.14. The number of hydrogen-bond donors (Lipinski definition) is 0. The Morgan fingerprint density at radius 1 is 0.971 bits per heavy atom. The van der Waals surface area contributed by atoms with Gasteiger partial charge in [0.2, 0.25) is 0 Å². The Balaban J connectivity index is 1.63. The number of rotatable bonds is 6. The van der Waals surface area contributed by atoms with E-state index in [-0.39, 0.29) is 17.3 Å². The first kappa shape index (κ1) is 22.2. The van der Waals surface area contributed by atoms with Crippen molar-refractivity contribution in [3.63, 3.8) is 0 Å². The summed E-state index contributed by atoms with van der Waals surface area (Å²) < 4.78 is 11.7. The average molecular weight is 487 g/mol. The Morgan fingerprint density at radius 3 is 2.31 bits per heavy atom. The van der Waals surface area contributed by atoms with Crippen molar-refractivity contribution in [3.8, 4) is 11.5 Å². The molecule has 174 valence electrons. The summed E-state index contributed by atoms with van der Waals surface area (Å²) in [5, 5.41) is 11.4. The molecular formula is C25H18N4O5S. The van der Waals surface area contributed by atoms with Crippen molar-refractivity contribution in [2.45, 2.75) is 0 Å². The van der Waals surface area contributed by atoms with Crippen LogP contribution in [-0.2, 0) is 4.79 Å². The fourth-order valence-electron chi connectivity index (χ4n) is 3.70. The quantitative estimate of drug-likeness (QED) is 0.214. The number of nitro groups is 1. The summed E-state index contributed by atoms with van der Waals surface area (Å²) in [6.07, 6.45) is 1.60. The first-order valence-electron chi connectivity index (χ1n) is 10.5. The van der Waals surface area contributed by atoms with Gasteiger partial charge in [-0.3, -0.25) is 14.9 Å². The minimum absolute atomic E-state index is 0.0302. The van der Waals surface area contributed by atoms with Crippen LogP contribution in [0.5, 0.6) is 11.5 Å². The SMILES string of the molecule is COc1ccc(OC)c2sc(N3C(=O)/C(=C\c4ccc([N+](=O)[O-])cc4)N=C3c3ccccc3)nc12. The third-order valence-corrected chi connectivity index (χ3v) is 6.44. The van der Waals surface area contributed by atoms with Gasteiger partial charge < -0.3 is 9.47 Å². The van der Waals surface area contributed by atoms with Crippen LogP contribution in [0.1, 0.15) is 11.1 Å². The topological polar surface area (TPSA) is 107 Å². The number of anilines is 1. The van der Waals surface area contributed by atoms with E-state index in [1.807, 2.05) is 30.3 Å². The summed E-state index contributed by atoms with van der Waals surface area (Å²) in [6.45, 7) is 0. The molecule has 1 aromatic heterocycles. The molecule has 2 heterocycles. The van der Waals surface area contributed by atoms with E-state index in [0.717, 1.165) is 10.3 Å². The molecule has 9 nitrogen and oxygen atoms in total. The Morgan fingerprint density at radius 2 is 1.66 bits per heavy atom. The summed E-state index contributed by atoms with van der Waals surface area (Å²) in [6, 6.07) is 18.8. The maximum atomic E-state index is 13.6. The maximum absolute atomic E-state index is 13.6. The van der Waals surface area contributed by atoms with Crippen LogP contribution in [0.3, 0.4) is 0 Å². The normalized spacial score (nSPS) is 14.5. The highest BCUT2D eigenvalue weighted by Crippen LogP contribution is 2.41. The van der Waals surface area contributed by atoms with Gasteiger partial charge in [0.1, 0.15) is 33.2 Å². The van der Waals surface area contributed by atoms with Crippen molar-refractivity contribution in [1.82, 2.24) is 4.98 Å². The van der Waals surface area contributed by atoms with Crippen LogP contribution in [0, 0.1) is 10.1 Å². The second-order valence-electron chi connectivity index (χ2n) is 7.46. The fraction of sp³-hybridized carbons (Fsp3) is 0.0800. The van der Waals surface area contributed by atoms with Crippen molar-refractivity contribution in [2.24, 2.45) is 4.99 Å². The molecule has 1 aliphatic heterocycles. The summed E-state index contributed by atoms with van der Waals surface area (Å²) in [5.74, 6) is 1.26. The molecule has 0 spiro atoms. The van der Waals surface area contributed by atoms with Crippen molar-refractivity contribution in [2.75, 3.05) is 19.1 Å². The van der Waals surface area contributed by atoms with Crippen LogP contribution in [0.15, 0.2) is 77.4 Å². The molecule has 0 bridgehead atoms. The lowest BCUT2D eigenvalue weighted by Crippen LogP contribution is -2.32. The van der Waals surface area contributed by atoms with Crippen LogP contribution < -0.4 is 14.4 Å². The number of fused-ring (bicyclic) bond motifs is 1. The van der Waals surface area contributed by atoms with Gasteiger partial charge in [0, 0.05) is 17.7 Å². The molecule has 0 unspecified atom stereocenters. The van der Waals surface area contributed by atoms with Gasteiger partial charge in [0.05, 0.1) is 19.1 Å². The molecule has 10 heteroatoms. The average Bonchev–Trinajstić information content (AvgIpc) is 3.46. The number of amidine groups is 1. The second-order valence-corrected chi connectivity index (χ2v) is 8.44. The molecule has 1 amide bonds. The van der Waals surface area contributed by atoms with Gasteiger partial charge in [0.15, 0.2) is 5.13 Å². The maximum Gasteiger partial charge on any atom is 0.284 e. The highest BCUT2D eigenvalue weighted by molar-refractivity contribution is 7.23. The van der Waals surface area contributed by atoms with Gasteiger partial charge in [-0.1, -0.05) is 41.7 Å². The molecule has 0 saturated heterocycles. The Hall–Kier alpha value is -4.57. The van der Waals surface area contributed by atoms with Crippen LogP contribution in [-0.4, -0.2) is 35.9 Å². The zero-order chi connectivity index (χ0) is 24.5. The van der Waals surface area contributed by atoms with Crippen LogP contribution in [0.2, 0.25) is 0 Å². The third kappa shape index (κ3) is 4.00. The Labute approximate surface area is 203 Å². The van der Waals surface area contributed by atoms with Crippen molar-refractivity contribution in [1.29, 1.82) is 0 Å². The number of aliphatic imine (C=N–C) groups is 1. The molecule has 3 aromatic carbocycles. The summed E-state index contributed by atoms with van der Waals surface area (Å²) >= 11 is 1.30. The van der Waals surface area contributed by atoms with E-state index in [0.29, 0.717) is 33.5 Å². The number of benzene rings is 3. The predicted octanol–water partition coefficient (Wildman–Crippen LogP) is 5.06. The molecule has 1 aliphatic rings. The molecule has 0 aliphatic carbocycles. The number of thiazole rings is 1. The fourth-order valence-corrected chi connectivity index (χ4v) is 4.77. The third-order valence-electron chi connectivity index (χ3n) is 5.39. The molecule has 0 N–H and O–H groups in total. The monoisotopic (exact) mass is 486 g/mol. The minimum atomic E-state index is -0.472. The van der Waals surface area contributed by atoms with Gasteiger partial charge >= 0.3 is 0 Å². The largest absolute Gasteiger partial charge is 0.495 e. The summed E-state index contributed by atoms with van der Waals surface area (Å²) in [5.41, 5.74) is 2.10. The lowest BCUT2D eigenvalue weighted by molar-refractivity contribution is -0.384. The van der Waals surface area contributed by atoms with Gasteiger partial charge in [-0.25, -0.2) is 14.9 Å². The van der Waals surface area contributed by atoms with Gasteiger partial charge in [0.25, 0.3) is 11.6 Å². The van der Waals surface area contributed by atoms with Gasteiger partial charge in [-0.05, 0) is 35.9 Å². The standard InChI is InChI=1S/C25H18N4O5S/c1-33-19-12-13-20(34-2)22-21(19)27-25(35-22)28-23(16-6-4-3-5-7-16)26-18(24(28)30)14-15-8-10-17(11-9-15)29(31)32/h3-14H,1-2H3/b18-14+. The molecule has 0 radical (unpaired) electrons. The number of ether oxygens (including phenoxy) is 2. The highest BCUT2D eigenvalue weighted by Gasteiger charge is 2.35. The van der Waals surface area contributed by atoms with Crippen LogP contribution in [0.4, 0.5) is 10.8 Å². The van der Waals surface area contributed by atoms with E-state index in [4.69, 9.17) is 14.5 Å². The van der Waals surface area contributed by atoms with E-state index >= 15 is 0 Å². The second kappa shape index (κ2) is 8.99. The van der Waals surface area contributed by atoms with Gasteiger partial charge in [-0.2, -0.15) is 0 Å². The molecule has 0 atom stereocenters. The van der Waals surface area contributed by atoms with Crippen molar-refractivity contribution >= 4 is 50.2 Å². The minimum Gasteiger partial charge on any atom is -0.495 e. The number of non-ortho nitro benzene ring substituents is 1. The van der Waals surface area contributed by atoms with E-state index in [1.165, 1.54) is 28.4 Å². The number of methoxy groups -OCH3 is 2. The number of aromatic nitrogens is 1. The molecule has 5 rings (SSSR count). The summed E-state index contributed by atoms with van der Waals surface area (Å²) in [4.78, 5) is 34.9. The van der Waals surface area contributed by atoms with Crippen molar-refractivity contribution in [3.05, 3.63) is 93.7 Å². The number of carbonyl (C=O) groups excluding carboxylic acids is 1. The first-order valence-corrected chi connectivity index (χ1v) is 11.3. The van der Waals surface area contributed by atoms with E-state index < -0.39 is 4.92 Å². The molecule has 4 aromatic rings. The smallest absolute Gasteiger partial charge is 0.284 e. The Bertz CT molecular complexity index is 1470. The number of carbonyl (C=O) groups is 1. The zero-order valence-corrected chi connectivity index (χ0v) is 19.5. The number of nitrogens with zero attached hydrogens (tertiary/aromatic N) is 4. The number of nitro benzene ring substituents is 1. The Kier molecular flexibility index (Phi) is 5.71. The van der Waals surface area contributed by atoms with E-state index in [9.17, 15) is 14.9 Å². The molecule has 0 saturated carbocycles. The predicted molar refractivity (Wildman–Crippen MR) is 134 cm³/mol. The van der Waals surface area contributed by atoms with Crippen LogP contribution >= 0.6 is 11.3 Å². The zero-order valence-electron chi connectivity index (χ0n) is 18.7. The van der Waals surface area contributed by atoms with E-state index in [2.05, 4.69) is 4.99 Å². The lowest BCUT2D eigenvalue weighted by atomic mass is 10.2. The molecule has 0 fully saturated rings. The highest BCUT2D eigenvalue weighted by atomic mass is 32.1. The van der Waals surface area contributed by atoms with Crippen molar-refractivity contribution < 1.29 is 19.2 Å². The van der Waals surface area contributed by atoms with E-state index in [1.54, 1.807) is 44.6 Å². The molecule has 35 heavy (non-hydrogen) atoms. The number of hydrogen-bond acceptors (Lipinski definition) is 8. The summed E-state index contributed by atoms with van der Waals surface area (Å²) in [7, 11) is 3.13. The van der Waals surface area contributed by atoms with Crippen LogP contribution in [0.25, 0.3) is 16.3 Å². The van der Waals surface area contributed by atoms with Gasteiger partial charge in [-0.15, -0.1) is 0 Å².